The zero-order valence-electron chi connectivity index (χ0n) is 7.14. The van der Waals surface area contributed by atoms with E-state index in [9.17, 15) is 4.79 Å². The van der Waals surface area contributed by atoms with Gasteiger partial charge in [0, 0.05) is 23.4 Å². The Morgan fingerprint density at radius 2 is 2.14 bits per heavy atom. The summed E-state index contributed by atoms with van der Waals surface area (Å²) in [5.74, 6) is -0.208. The fraction of sp³-hybridized carbons (Fsp3) is 0. The minimum Gasteiger partial charge on any atom is -0.267 e. The van der Waals surface area contributed by atoms with Crippen LogP contribution in [0.1, 0.15) is 15.9 Å². The van der Waals surface area contributed by atoms with Crippen molar-refractivity contribution in [2.75, 3.05) is 0 Å². The molecule has 0 spiro atoms. The van der Waals surface area contributed by atoms with Gasteiger partial charge in [0.25, 0.3) is 5.91 Å². The smallest absolute Gasteiger partial charge is 0.267 e. The second kappa shape index (κ2) is 2.45. The molecular weight excluding hydrogens is 178 g/mol. The summed E-state index contributed by atoms with van der Waals surface area (Å²) in [5.41, 5.74) is 2.23. The minimum atomic E-state index is -0.208. The monoisotopic (exact) mass is 183 g/mol. The van der Waals surface area contributed by atoms with E-state index in [1.165, 1.54) is 6.33 Å². The summed E-state index contributed by atoms with van der Waals surface area (Å²) in [6.07, 6.45) is 4.69. The van der Waals surface area contributed by atoms with Gasteiger partial charge >= 0.3 is 0 Å². The SMILES string of the molecule is O=C1N=Cc2ccc3ncncc3c21. The molecule has 2 heterocycles. The average molecular weight is 183 g/mol. The molecule has 0 bridgehead atoms. The number of nitrogens with zero attached hydrogens (tertiary/aromatic N) is 3. The van der Waals surface area contributed by atoms with Crippen LogP contribution in [0.4, 0.5) is 0 Å². The number of rotatable bonds is 0. The lowest BCUT2D eigenvalue weighted by Gasteiger charge is -2.00. The van der Waals surface area contributed by atoms with Crippen LogP contribution in [0.3, 0.4) is 0 Å². The zero-order valence-corrected chi connectivity index (χ0v) is 7.14. The van der Waals surface area contributed by atoms with E-state index < -0.39 is 0 Å². The standard InChI is InChI=1S/C10H5N3O/c14-10-9-6(3-12-10)1-2-8-7(9)4-11-5-13-8/h1-5H. The summed E-state index contributed by atoms with van der Waals surface area (Å²) in [6.45, 7) is 0. The molecule has 0 unspecified atom stereocenters. The van der Waals surface area contributed by atoms with Crippen molar-refractivity contribution >= 4 is 23.0 Å². The van der Waals surface area contributed by atoms with Gasteiger partial charge in [0.2, 0.25) is 0 Å². The van der Waals surface area contributed by atoms with Gasteiger partial charge in [0.15, 0.2) is 0 Å². The number of carbonyl (C=O) groups excluding carboxylic acids is 1. The lowest BCUT2D eigenvalue weighted by Crippen LogP contribution is -1.95. The Bertz CT molecular complexity index is 575. The fourth-order valence-electron chi connectivity index (χ4n) is 1.61. The van der Waals surface area contributed by atoms with Crippen LogP contribution in [0.15, 0.2) is 29.6 Å². The number of aromatic nitrogens is 2. The number of fused-ring (bicyclic) bond motifs is 3. The van der Waals surface area contributed by atoms with Gasteiger partial charge in [-0.25, -0.2) is 15.0 Å². The van der Waals surface area contributed by atoms with Crippen LogP contribution in [0.5, 0.6) is 0 Å². The highest BCUT2D eigenvalue weighted by molar-refractivity contribution is 6.19. The number of aliphatic imine (C=N–C) groups is 1. The first-order valence-corrected chi connectivity index (χ1v) is 4.17. The topological polar surface area (TPSA) is 55.2 Å². The fourth-order valence-corrected chi connectivity index (χ4v) is 1.61. The van der Waals surface area contributed by atoms with E-state index in [0.717, 1.165) is 16.5 Å². The normalized spacial score (nSPS) is 13.6. The summed E-state index contributed by atoms with van der Waals surface area (Å²) in [4.78, 5) is 23.1. The molecule has 1 aliphatic heterocycles. The van der Waals surface area contributed by atoms with Crippen LogP contribution in [0, 0.1) is 0 Å². The van der Waals surface area contributed by atoms with Crippen molar-refractivity contribution < 1.29 is 4.79 Å². The molecule has 0 saturated carbocycles. The number of amides is 1. The van der Waals surface area contributed by atoms with E-state index in [1.807, 2.05) is 12.1 Å². The molecule has 14 heavy (non-hydrogen) atoms. The van der Waals surface area contributed by atoms with Gasteiger partial charge in [0.1, 0.15) is 6.33 Å². The first kappa shape index (κ1) is 7.32. The van der Waals surface area contributed by atoms with Gasteiger partial charge < -0.3 is 0 Å². The lowest BCUT2D eigenvalue weighted by atomic mass is 10.1. The highest BCUT2D eigenvalue weighted by Crippen LogP contribution is 2.23. The predicted molar refractivity (Wildman–Crippen MR) is 51.5 cm³/mol. The molecule has 0 aliphatic carbocycles. The Hall–Kier alpha value is -2.10. The third-order valence-electron chi connectivity index (χ3n) is 2.26. The van der Waals surface area contributed by atoms with Crippen LogP contribution in [0.25, 0.3) is 10.9 Å². The quantitative estimate of drug-likeness (QED) is 0.616. The van der Waals surface area contributed by atoms with E-state index >= 15 is 0 Å². The third kappa shape index (κ3) is 0.821. The summed E-state index contributed by atoms with van der Waals surface area (Å²) < 4.78 is 0. The molecule has 4 nitrogen and oxygen atoms in total. The molecule has 1 aliphatic rings. The van der Waals surface area contributed by atoms with Crippen molar-refractivity contribution in [2.24, 2.45) is 4.99 Å². The Morgan fingerprint density at radius 3 is 3.07 bits per heavy atom. The second-order valence-corrected chi connectivity index (χ2v) is 3.05. The average Bonchev–Trinajstić information content (AvgIpc) is 2.61. The van der Waals surface area contributed by atoms with Gasteiger partial charge in [0.05, 0.1) is 11.1 Å². The maximum Gasteiger partial charge on any atom is 0.278 e. The maximum atomic E-state index is 11.4. The van der Waals surface area contributed by atoms with Crippen LogP contribution >= 0.6 is 0 Å². The largest absolute Gasteiger partial charge is 0.278 e. The van der Waals surface area contributed by atoms with Crippen LogP contribution in [0.2, 0.25) is 0 Å². The van der Waals surface area contributed by atoms with Gasteiger partial charge in [-0.3, -0.25) is 4.79 Å². The molecule has 3 rings (SSSR count). The molecule has 1 amide bonds. The molecular formula is C10H5N3O. The number of carbonyl (C=O) groups is 1. The van der Waals surface area contributed by atoms with Crippen molar-refractivity contribution in [3.05, 3.63) is 35.8 Å². The predicted octanol–water partition coefficient (Wildman–Crippen LogP) is 1.20. The van der Waals surface area contributed by atoms with Crippen molar-refractivity contribution in [3.63, 3.8) is 0 Å². The summed E-state index contributed by atoms with van der Waals surface area (Å²) >= 11 is 0. The van der Waals surface area contributed by atoms with Gasteiger partial charge in [-0.05, 0) is 6.07 Å². The third-order valence-corrected chi connectivity index (χ3v) is 2.26. The molecule has 2 aromatic rings. The number of benzene rings is 1. The molecule has 1 aromatic carbocycles. The van der Waals surface area contributed by atoms with E-state index in [2.05, 4.69) is 15.0 Å². The second-order valence-electron chi connectivity index (χ2n) is 3.05. The highest BCUT2D eigenvalue weighted by Gasteiger charge is 2.18. The lowest BCUT2D eigenvalue weighted by molar-refractivity contribution is 0.101. The number of hydrogen-bond donors (Lipinski definition) is 0. The molecule has 0 N–H and O–H groups in total. The molecule has 0 atom stereocenters. The molecule has 4 heteroatoms. The zero-order chi connectivity index (χ0) is 9.54. The first-order chi connectivity index (χ1) is 6.86. The van der Waals surface area contributed by atoms with E-state index in [1.54, 1.807) is 12.4 Å². The summed E-state index contributed by atoms with van der Waals surface area (Å²) in [5, 5.41) is 0.771. The molecule has 0 fully saturated rings. The van der Waals surface area contributed by atoms with E-state index in [4.69, 9.17) is 0 Å². The van der Waals surface area contributed by atoms with Crippen molar-refractivity contribution in [1.82, 2.24) is 9.97 Å². The molecule has 66 valence electrons. The Kier molecular flexibility index (Phi) is 1.28. The molecule has 1 aromatic heterocycles. The van der Waals surface area contributed by atoms with Crippen molar-refractivity contribution in [3.8, 4) is 0 Å². The minimum absolute atomic E-state index is 0.208. The molecule has 0 radical (unpaired) electrons. The maximum absolute atomic E-state index is 11.4. The van der Waals surface area contributed by atoms with E-state index in [-0.39, 0.29) is 5.91 Å². The van der Waals surface area contributed by atoms with Gasteiger partial charge in [-0.2, -0.15) is 0 Å². The molecule has 0 saturated heterocycles. The Morgan fingerprint density at radius 1 is 1.21 bits per heavy atom. The van der Waals surface area contributed by atoms with E-state index in [0.29, 0.717) is 5.56 Å². The van der Waals surface area contributed by atoms with Gasteiger partial charge in [-0.15, -0.1) is 0 Å². The summed E-state index contributed by atoms with van der Waals surface area (Å²) in [6, 6.07) is 3.71. The van der Waals surface area contributed by atoms with Crippen LogP contribution < -0.4 is 0 Å². The highest BCUT2D eigenvalue weighted by atomic mass is 16.1. The number of hydrogen-bond acceptors (Lipinski definition) is 3. The van der Waals surface area contributed by atoms with Crippen molar-refractivity contribution in [2.45, 2.75) is 0 Å². The van der Waals surface area contributed by atoms with Crippen molar-refractivity contribution in [1.29, 1.82) is 0 Å². The van der Waals surface area contributed by atoms with Crippen LogP contribution in [-0.4, -0.2) is 22.1 Å². The Labute approximate surface area is 79.3 Å². The van der Waals surface area contributed by atoms with Gasteiger partial charge in [-0.1, -0.05) is 6.07 Å². The van der Waals surface area contributed by atoms with Crippen LogP contribution in [-0.2, 0) is 0 Å². The Balaban J connectivity index is 2.50. The summed E-state index contributed by atoms with van der Waals surface area (Å²) in [7, 11) is 0. The first-order valence-electron chi connectivity index (χ1n) is 4.17.